The van der Waals surface area contributed by atoms with Crippen LogP contribution in [0.3, 0.4) is 0 Å². The van der Waals surface area contributed by atoms with Crippen molar-refractivity contribution in [3.05, 3.63) is 0 Å². The van der Waals surface area contributed by atoms with E-state index in [9.17, 15) is 9.59 Å². The van der Waals surface area contributed by atoms with E-state index < -0.39 is 11.7 Å². The Morgan fingerprint density at radius 1 is 1.39 bits per heavy atom. The number of ether oxygens (including phenoxy) is 2. The number of alkyl carbamates (subject to hydrolysis) is 1. The van der Waals surface area contributed by atoms with Gasteiger partial charge in [0.05, 0.1) is 0 Å². The first kappa shape index (κ1) is 15.0. The van der Waals surface area contributed by atoms with E-state index in [-0.39, 0.29) is 17.8 Å². The van der Waals surface area contributed by atoms with E-state index in [0.717, 1.165) is 6.42 Å². The van der Waals surface area contributed by atoms with Crippen LogP contribution in [0.4, 0.5) is 4.79 Å². The van der Waals surface area contributed by atoms with Crippen LogP contribution in [0.1, 0.15) is 40.5 Å². The Labute approximate surface area is 108 Å². The van der Waals surface area contributed by atoms with Gasteiger partial charge in [-0.25, -0.2) is 4.79 Å². The van der Waals surface area contributed by atoms with Gasteiger partial charge in [-0.15, -0.1) is 0 Å². The highest BCUT2D eigenvalue weighted by Gasteiger charge is 2.33. The van der Waals surface area contributed by atoms with Crippen molar-refractivity contribution < 1.29 is 19.1 Å². The van der Waals surface area contributed by atoms with Crippen molar-refractivity contribution in [2.45, 2.75) is 52.2 Å². The fraction of sp³-hybridized carbons (Fsp3) is 0.846. The third kappa shape index (κ3) is 4.64. The minimum Gasteiger partial charge on any atom is -0.444 e. The molecular weight excluding hydrogens is 234 g/mol. The molecule has 1 rings (SSSR count). The van der Waals surface area contributed by atoms with E-state index in [1.165, 1.54) is 0 Å². The molecule has 0 aromatic rings. The topological polar surface area (TPSA) is 64.6 Å². The molecule has 5 nitrogen and oxygen atoms in total. The van der Waals surface area contributed by atoms with Crippen molar-refractivity contribution in [2.24, 2.45) is 5.92 Å². The summed E-state index contributed by atoms with van der Waals surface area (Å²) in [6.07, 6.45) is 0.446. The number of carbonyl (C=O) groups excluding carboxylic acids is 2. The van der Waals surface area contributed by atoms with Gasteiger partial charge in [0.2, 0.25) is 0 Å². The van der Waals surface area contributed by atoms with Crippen molar-refractivity contribution >= 4 is 11.9 Å². The van der Waals surface area contributed by atoms with Crippen molar-refractivity contribution in [1.82, 2.24) is 5.32 Å². The van der Waals surface area contributed by atoms with Gasteiger partial charge in [-0.2, -0.15) is 0 Å². The van der Waals surface area contributed by atoms with E-state index in [1.54, 1.807) is 0 Å². The summed E-state index contributed by atoms with van der Waals surface area (Å²) in [6, 6.07) is 0. The Balaban J connectivity index is 2.38. The largest absolute Gasteiger partial charge is 0.444 e. The lowest BCUT2D eigenvalue weighted by atomic mass is 9.97. The quantitative estimate of drug-likeness (QED) is 0.835. The van der Waals surface area contributed by atoms with Crippen molar-refractivity contribution in [3.8, 4) is 0 Å². The van der Waals surface area contributed by atoms with Crippen LogP contribution in [0, 0.1) is 5.92 Å². The number of nitrogens with one attached hydrogen (secondary N) is 1. The molecule has 0 saturated carbocycles. The van der Waals surface area contributed by atoms with Crippen LogP contribution >= 0.6 is 0 Å². The summed E-state index contributed by atoms with van der Waals surface area (Å²) in [5.41, 5.74) is -0.505. The Kier molecular flexibility index (Phi) is 5.14. The lowest BCUT2D eigenvalue weighted by Crippen LogP contribution is -2.39. The van der Waals surface area contributed by atoms with E-state index in [1.807, 2.05) is 27.7 Å². The van der Waals surface area contributed by atoms with Gasteiger partial charge in [0, 0.05) is 25.5 Å². The standard InChI is InChI=1S/C13H23NO4/c1-5-10(15)11-9(6-7-17-11)8-14-12(16)18-13(2,3)4/h9,11H,5-8H2,1-4H3,(H,14,16)/t9-,11-/m1/s1. The minimum absolute atomic E-state index is 0.0602. The van der Waals surface area contributed by atoms with Crippen molar-refractivity contribution in [2.75, 3.05) is 13.2 Å². The van der Waals surface area contributed by atoms with Gasteiger partial charge in [0.15, 0.2) is 5.78 Å². The number of Topliss-reactive ketones (excluding diaryl/α,β-unsaturated/α-hetero) is 1. The van der Waals surface area contributed by atoms with Crippen LogP contribution in [0.5, 0.6) is 0 Å². The number of hydrogen-bond acceptors (Lipinski definition) is 4. The summed E-state index contributed by atoms with van der Waals surface area (Å²) >= 11 is 0. The molecule has 2 atom stereocenters. The van der Waals surface area contributed by atoms with Crippen LogP contribution in [-0.4, -0.2) is 36.7 Å². The molecule has 0 aliphatic carbocycles. The van der Waals surface area contributed by atoms with E-state index >= 15 is 0 Å². The highest BCUT2D eigenvalue weighted by atomic mass is 16.6. The average Bonchev–Trinajstić information content (AvgIpc) is 2.71. The maximum absolute atomic E-state index is 11.6. The zero-order valence-corrected chi connectivity index (χ0v) is 11.6. The third-order valence-corrected chi connectivity index (χ3v) is 2.79. The highest BCUT2D eigenvalue weighted by molar-refractivity contribution is 5.83. The normalized spacial score (nSPS) is 23.8. The molecule has 1 amide bonds. The van der Waals surface area contributed by atoms with E-state index in [4.69, 9.17) is 9.47 Å². The van der Waals surface area contributed by atoms with Gasteiger partial charge in [-0.05, 0) is 27.2 Å². The molecule has 0 unspecified atom stereocenters. The zero-order valence-electron chi connectivity index (χ0n) is 11.6. The van der Waals surface area contributed by atoms with Crippen LogP contribution < -0.4 is 5.32 Å². The lowest BCUT2D eigenvalue weighted by Gasteiger charge is -2.21. The summed E-state index contributed by atoms with van der Waals surface area (Å²) in [6.45, 7) is 8.27. The summed E-state index contributed by atoms with van der Waals surface area (Å²) in [5.74, 6) is 0.161. The fourth-order valence-corrected chi connectivity index (χ4v) is 1.93. The Morgan fingerprint density at radius 3 is 2.61 bits per heavy atom. The molecule has 18 heavy (non-hydrogen) atoms. The average molecular weight is 257 g/mol. The second-order valence-electron chi connectivity index (χ2n) is 5.54. The molecule has 0 bridgehead atoms. The third-order valence-electron chi connectivity index (χ3n) is 2.79. The molecule has 0 aromatic heterocycles. The molecular formula is C13H23NO4. The van der Waals surface area contributed by atoms with Gasteiger partial charge >= 0.3 is 6.09 Å². The number of rotatable bonds is 4. The van der Waals surface area contributed by atoms with Crippen molar-refractivity contribution in [3.63, 3.8) is 0 Å². The van der Waals surface area contributed by atoms with Crippen LogP contribution in [-0.2, 0) is 14.3 Å². The molecule has 1 saturated heterocycles. The van der Waals surface area contributed by atoms with Gasteiger partial charge in [-0.3, -0.25) is 4.79 Å². The maximum Gasteiger partial charge on any atom is 0.407 e. The molecule has 0 radical (unpaired) electrons. The molecule has 1 aliphatic heterocycles. The molecule has 1 N–H and O–H groups in total. The van der Waals surface area contributed by atoms with Crippen molar-refractivity contribution in [1.29, 1.82) is 0 Å². The Bertz CT molecular complexity index is 309. The van der Waals surface area contributed by atoms with Gasteiger partial charge in [0.25, 0.3) is 0 Å². The predicted molar refractivity (Wildman–Crippen MR) is 67.4 cm³/mol. The fourth-order valence-electron chi connectivity index (χ4n) is 1.93. The number of ketones is 1. The summed E-state index contributed by atoms with van der Waals surface area (Å²) < 4.78 is 10.6. The zero-order chi connectivity index (χ0) is 13.8. The van der Waals surface area contributed by atoms with Crippen LogP contribution in [0.15, 0.2) is 0 Å². The molecule has 1 aliphatic rings. The summed E-state index contributed by atoms with van der Waals surface area (Å²) in [5, 5.41) is 2.70. The second kappa shape index (κ2) is 6.18. The lowest BCUT2D eigenvalue weighted by molar-refractivity contribution is -0.129. The molecule has 1 heterocycles. The molecule has 0 spiro atoms. The first-order valence-electron chi connectivity index (χ1n) is 6.44. The SMILES string of the molecule is CCC(=O)[C@@H]1OCC[C@@H]1CNC(=O)OC(C)(C)C. The number of hydrogen-bond donors (Lipinski definition) is 1. The van der Waals surface area contributed by atoms with E-state index in [0.29, 0.717) is 19.6 Å². The minimum atomic E-state index is -0.505. The highest BCUT2D eigenvalue weighted by Crippen LogP contribution is 2.22. The van der Waals surface area contributed by atoms with Gasteiger partial charge < -0.3 is 14.8 Å². The van der Waals surface area contributed by atoms with Gasteiger partial charge in [0.1, 0.15) is 11.7 Å². The summed E-state index contributed by atoms with van der Waals surface area (Å²) in [4.78, 5) is 23.1. The molecule has 0 aromatic carbocycles. The van der Waals surface area contributed by atoms with E-state index in [2.05, 4.69) is 5.32 Å². The monoisotopic (exact) mass is 257 g/mol. The summed E-state index contributed by atoms with van der Waals surface area (Å²) in [7, 11) is 0. The van der Waals surface area contributed by atoms with Crippen LogP contribution in [0.25, 0.3) is 0 Å². The van der Waals surface area contributed by atoms with Gasteiger partial charge in [-0.1, -0.05) is 6.92 Å². The Morgan fingerprint density at radius 2 is 2.06 bits per heavy atom. The van der Waals surface area contributed by atoms with Crippen LogP contribution in [0.2, 0.25) is 0 Å². The number of carbonyl (C=O) groups is 2. The Hall–Kier alpha value is -1.10. The molecule has 104 valence electrons. The smallest absolute Gasteiger partial charge is 0.407 e. The molecule has 5 heteroatoms. The predicted octanol–water partition coefficient (Wildman–Crippen LogP) is 1.90. The number of amides is 1. The molecule has 1 fully saturated rings. The first-order valence-corrected chi connectivity index (χ1v) is 6.44. The first-order chi connectivity index (χ1) is 8.33. The maximum atomic E-state index is 11.6. The second-order valence-corrected chi connectivity index (χ2v) is 5.54.